The molecule has 0 N–H and O–H groups in total. The molecule has 0 aliphatic heterocycles. The molecule has 2 heteroatoms. The maximum atomic E-state index is 3.99. The molecule has 0 saturated carbocycles. The van der Waals surface area contributed by atoms with Gasteiger partial charge in [0.1, 0.15) is 0 Å². The van der Waals surface area contributed by atoms with Crippen LogP contribution in [0.4, 0.5) is 0 Å². The summed E-state index contributed by atoms with van der Waals surface area (Å²) in [5.74, 6) is 5.85. The van der Waals surface area contributed by atoms with Gasteiger partial charge in [0.05, 0.1) is 0 Å². The van der Waals surface area contributed by atoms with Gasteiger partial charge < -0.3 is 0 Å². The Bertz CT molecular complexity index is 245. The molecule has 11 heavy (non-hydrogen) atoms. The average Bonchev–Trinajstić information content (AvgIpc) is 2.03. The molecular weight excluding hydrogens is 211 g/mol. The van der Waals surface area contributed by atoms with E-state index < -0.39 is 0 Å². The van der Waals surface area contributed by atoms with E-state index in [0.29, 0.717) is 0 Å². The number of aromatic nitrogens is 1. The van der Waals surface area contributed by atoms with Gasteiger partial charge in [-0.15, -0.1) is 0 Å². The topological polar surface area (TPSA) is 12.9 Å². The summed E-state index contributed by atoms with van der Waals surface area (Å²) in [6.45, 7) is 2.02. The number of hydrogen-bond acceptors (Lipinski definition) is 1. The van der Waals surface area contributed by atoms with Gasteiger partial charge in [-0.05, 0) is 0 Å². The van der Waals surface area contributed by atoms with Crippen molar-refractivity contribution in [2.75, 3.05) is 0 Å². The summed E-state index contributed by atoms with van der Waals surface area (Å²) in [5, 5.41) is 0. The molecule has 0 fully saturated rings. The van der Waals surface area contributed by atoms with Crippen LogP contribution in [0.3, 0.4) is 0 Å². The van der Waals surface area contributed by atoms with Gasteiger partial charge in [-0.1, -0.05) is 25.0 Å². The van der Waals surface area contributed by atoms with Crippen molar-refractivity contribution in [1.29, 1.82) is 0 Å². The van der Waals surface area contributed by atoms with Gasteiger partial charge in [0.15, 0.2) is 0 Å². The predicted octanol–water partition coefficient (Wildman–Crippen LogP) is 1.64. The van der Waals surface area contributed by atoms with Crippen LogP contribution in [-0.4, -0.2) is 4.98 Å². The molecule has 0 radical (unpaired) electrons. The summed E-state index contributed by atoms with van der Waals surface area (Å²) in [5.41, 5.74) is 0.820. The normalized spacial score (nSPS) is 7.36. The van der Waals surface area contributed by atoms with Crippen LogP contribution in [0.25, 0.3) is 0 Å². The van der Waals surface area contributed by atoms with Crippen molar-refractivity contribution in [2.24, 2.45) is 0 Å². The largest absolute Gasteiger partial charge is 3.00 e. The molecule has 0 spiro atoms. The zero-order valence-corrected chi connectivity index (χ0v) is 9.30. The second-order valence-electron chi connectivity index (χ2n) is 1.80. The van der Waals surface area contributed by atoms with Crippen LogP contribution in [-0.2, 0) is 32.7 Å². The summed E-state index contributed by atoms with van der Waals surface area (Å²) in [6.07, 6.45) is 2.50. The van der Waals surface area contributed by atoms with E-state index >= 15 is 0 Å². The van der Waals surface area contributed by atoms with Crippen LogP contribution in [0.1, 0.15) is 19.0 Å². The fourth-order valence-electron chi connectivity index (χ4n) is 0.573. The molecule has 0 saturated heterocycles. The van der Waals surface area contributed by atoms with Crippen molar-refractivity contribution in [3.8, 4) is 11.8 Å². The van der Waals surface area contributed by atoms with Crippen LogP contribution in [0.15, 0.2) is 18.3 Å². The molecule has 0 aromatic carbocycles. The molecule has 0 atom stereocenters. The number of nitrogens with zero attached hydrogens (tertiary/aromatic N) is 1. The molecule has 1 nitrogen and oxygen atoms in total. The zero-order valence-electron chi connectivity index (χ0n) is 6.46. The fraction of sp³-hybridized carbons (Fsp3) is 0.222. The van der Waals surface area contributed by atoms with Gasteiger partial charge in [-0.3, -0.25) is 4.98 Å². The van der Waals surface area contributed by atoms with Crippen molar-refractivity contribution in [2.45, 2.75) is 13.3 Å². The van der Waals surface area contributed by atoms with Gasteiger partial charge in [-0.25, -0.2) is 12.1 Å². The third kappa shape index (κ3) is 4.29. The van der Waals surface area contributed by atoms with Crippen molar-refractivity contribution in [3.63, 3.8) is 0 Å². The van der Waals surface area contributed by atoms with Crippen molar-refractivity contribution in [3.05, 3.63) is 30.1 Å². The Morgan fingerprint density at radius 2 is 2.45 bits per heavy atom. The van der Waals surface area contributed by atoms with Crippen molar-refractivity contribution < 1.29 is 32.7 Å². The van der Waals surface area contributed by atoms with E-state index in [1.165, 1.54) is 0 Å². The molecule has 1 aromatic rings. The zero-order chi connectivity index (χ0) is 7.23. The molecule has 1 aromatic heterocycles. The molecule has 1 rings (SSSR count). The second-order valence-corrected chi connectivity index (χ2v) is 1.80. The maximum absolute atomic E-state index is 3.99. The summed E-state index contributed by atoms with van der Waals surface area (Å²) in [4.78, 5) is 3.99. The van der Waals surface area contributed by atoms with E-state index in [-0.39, 0.29) is 32.7 Å². The van der Waals surface area contributed by atoms with Gasteiger partial charge >= 0.3 is 32.7 Å². The smallest absolute Gasteiger partial charge is 0.287 e. The van der Waals surface area contributed by atoms with Crippen LogP contribution < -0.4 is 0 Å². The van der Waals surface area contributed by atoms with E-state index in [1.54, 1.807) is 6.20 Å². The number of pyridine rings is 1. The molecule has 0 aliphatic rings. The molecule has 50 valence electrons. The van der Waals surface area contributed by atoms with Gasteiger partial charge in [0.2, 0.25) is 0 Å². The summed E-state index contributed by atoms with van der Waals surface area (Å²) in [6, 6.07) is 6.49. The number of hydrogen-bond donors (Lipinski definition) is 0. The third-order valence-corrected chi connectivity index (χ3v) is 1.01. The third-order valence-electron chi connectivity index (χ3n) is 1.01. The van der Waals surface area contributed by atoms with Gasteiger partial charge in [-0.2, -0.15) is 6.07 Å². The molecular formula is C9H8NY+2. The Morgan fingerprint density at radius 3 is 3.00 bits per heavy atom. The van der Waals surface area contributed by atoms with Crippen LogP contribution in [0.5, 0.6) is 0 Å². The summed E-state index contributed by atoms with van der Waals surface area (Å²) in [7, 11) is 0. The van der Waals surface area contributed by atoms with E-state index in [2.05, 4.69) is 22.9 Å². The minimum absolute atomic E-state index is 0. The van der Waals surface area contributed by atoms with Crippen molar-refractivity contribution in [1.82, 2.24) is 4.98 Å². The Hall–Kier alpha value is -0.186. The Kier molecular flexibility index (Phi) is 6.41. The summed E-state index contributed by atoms with van der Waals surface area (Å²) >= 11 is 0. The Labute approximate surface area is 92.5 Å². The first kappa shape index (κ1) is 10.8. The summed E-state index contributed by atoms with van der Waals surface area (Å²) < 4.78 is 0. The molecule has 1 heterocycles. The minimum Gasteiger partial charge on any atom is -0.287 e. The van der Waals surface area contributed by atoms with E-state index in [9.17, 15) is 0 Å². The Morgan fingerprint density at radius 1 is 1.64 bits per heavy atom. The van der Waals surface area contributed by atoms with Gasteiger partial charge in [0, 0.05) is 12.1 Å². The molecule has 0 unspecified atom stereocenters. The first-order chi connectivity index (χ1) is 4.93. The monoisotopic (exact) mass is 219 g/mol. The van der Waals surface area contributed by atoms with E-state index in [4.69, 9.17) is 0 Å². The molecule has 0 amide bonds. The first-order valence-electron chi connectivity index (χ1n) is 3.24. The number of rotatable bonds is 0. The van der Waals surface area contributed by atoms with Crippen molar-refractivity contribution >= 4 is 0 Å². The molecule has 0 aliphatic carbocycles. The van der Waals surface area contributed by atoms with Crippen LogP contribution in [0.2, 0.25) is 0 Å². The minimum atomic E-state index is 0. The average molecular weight is 219 g/mol. The van der Waals surface area contributed by atoms with Crippen LogP contribution in [0, 0.1) is 17.9 Å². The van der Waals surface area contributed by atoms with E-state index in [0.717, 1.165) is 12.1 Å². The van der Waals surface area contributed by atoms with Crippen LogP contribution >= 0.6 is 0 Å². The molecule has 0 bridgehead atoms. The fourth-order valence-corrected chi connectivity index (χ4v) is 0.573. The van der Waals surface area contributed by atoms with E-state index in [1.807, 2.05) is 19.1 Å². The maximum Gasteiger partial charge on any atom is 3.00 e. The Balaban J connectivity index is 0.000001000. The second kappa shape index (κ2) is 6.52. The predicted molar refractivity (Wildman–Crippen MR) is 40.2 cm³/mol. The first-order valence-corrected chi connectivity index (χ1v) is 3.24. The SMILES string of the molecule is CCC#Cc1cc[c-]cn1.[Y+3]. The van der Waals surface area contributed by atoms with Gasteiger partial charge in [0.25, 0.3) is 0 Å². The standard InChI is InChI=1S/C9H8N.Y/c1-2-3-6-9-7-4-5-8-10-9;/h4,7-8H,2H2,1H3;/q-1;+3. The quantitative estimate of drug-likeness (QED) is 0.477.